The number of nitrogens with one attached hydrogen (secondary N) is 1. The predicted octanol–water partition coefficient (Wildman–Crippen LogP) is 4.60. The molecular formula is C26H28N4O2. The molecule has 3 aromatic rings. The van der Waals surface area contributed by atoms with Crippen LogP contribution < -0.4 is 4.90 Å². The summed E-state index contributed by atoms with van der Waals surface area (Å²) >= 11 is 0. The fourth-order valence-corrected chi connectivity index (χ4v) is 4.84. The first-order valence-corrected chi connectivity index (χ1v) is 11.4. The van der Waals surface area contributed by atoms with Gasteiger partial charge in [-0.2, -0.15) is 5.10 Å². The molecule has 0 spiro atoms. The lowest BCUT2D eigenvalue weighted by atomic mass is 9.97. The number of nitrogens with zero attached hydrogens (tertiary/aromatic N) is 3. The molecule has 1 atom stereocenters. The van der Waals surface area contributed by atoms with Crippen LogP contribution in [-0.2, 0) is 6.42 Å². The van der Waals surface area contributed by atoms with Crippen LogP contribution in [0.3, 0.4) is 0 Å². The number of fused-ring (bicyclic) bond motifs is 1. The van der Waals surface area contributed by atoms with Gasteiger partial charge in [0.1, 0.15) is 0 Å². The second kappa shape index (κ2) is 8.26. The highest BCUT2D eigenvalue weighted by Crippen LogP contribution is 2.33. The molecule has 1 fully saturated rings. The van der Waals surface area contributed by atoms with Crippen molar-refractivity contribution in [3.8, 4) is 0 Å². The molecule has 6 nitrogen and oxygen atoms in total. The number of aromatic nitrogens is 2. The van der Waals surface area contributed by atoms with Gasteiger partial charge in [0.15, 0.2) is 5.69 Å². The summed E-state index contributed by atoms with van der Waals surface area (Å²) in [4.78, 5) is 30.3. The van der Waals surface area contributed by atoms with E-state index in [4.69, 9.17) is 0 Å². The van der Waals surface area contributed by atoms with E-state index in [1.54, 1.807) is 4.90 Å². The third-order valence-corrected chi connectivity index (χ3v) is 6.83. The van der Waals surface area contributed by atoms with Crippen LogP contribution in [0.4, 0.5) is 5.69 Å². The van der Waals surface area contributed by atoms with E-state index in [1.165, 1.54) is 11.1 Å². The van der Waals surface area contributed by atoms with Crippen molar-refractivity contribution in [2.45, 2.75) is 45.6 Å². The van der Waals surface area contributed by atoms with Crippen molar-refractivity contribution in [2.24, 2.45) is 0 Å². The van der Waals surface area contributed by atoms with Gasteiger partial charge in [-0.25, -0.2) is 0 Å². The Hall–Kier alpha value is -3.41. The first-order chi connectivity index (χ1) is 15.5. The van der Waals surface area contributed by atoms with E-state index in [2.05, 4.69) is 23.2 Å². The number of para-hydroxylation sites is 1. The number of likely N-dealkylation sites (tertiary alicyclic amines) is 1. The summed E-state index contributed by atoms with van der Waals surface area (Å²) in [6.07, 6.45) is 3.75. The highest BCUT2D eigenvalue weighted by atomic mass is 16.2. The maximum absolute atomic E-state index is 13.4. The van der Waals surface area contributed by atoms with Crippen molar-refractivity contribution in [1.29, 1.82) is 0 Å². The summed E-state index contributed by atoms with van der Waals surface area (Å²) in [5.74, 6) is -0.0611. The minimum atomic E-state index is -0.0993. The number of aromatic amines is 1. The average molecular weight is 429 g/mol. The van der Waals surface area contributed by atoms with Crippen LogP contribution in [0.1, 0.15) is 68.5 Å². The van der Waals surface area contributed by atoms with Gasteiger partial charge in [0.05, 0.1) is 11.7 Å². The summed E-state index contributed by atoms with van der Waals surface area (Å²) < 4.78 is 0. The average Bonchev–Trinajstić information content (AvgIpc) is 3.48. The van der Waals surface area contributed by atoms with Crippen LogP contribution in [0.25, 0.3) is 0 Å². The number of aryl methyl sites for hydroxylation is 2. The summed E-state index contributed by atoms with van der Waals surface area (Å²) in [6.45, 7) is 5.46. The Morgan fingerprint density at radius 2 is 1.81 bits per heavy atom. The lowest BCUT2D eigenvalue weighted by molar-refractivity contribution is 0.0606. The van der Waals surface area contributed by atoms with Gasteiger partial charge < -0.3 is 9.80 Å². The van der Waals surface area contributed by atoms with Crippen LogP contribution in [0.2, 0.25) is 0 Å². The molecule has 2 amide bonds. The van der Waals surface area contributed by atoms with Crippen molar-refractivity contribution in [3.63, 3.8) is 0 Å². The molecule has 0 radical (unpaired) electrons. The SMILES string of the molecule is Cc1ccc(C(=O)N2CCCCC2c2cc(C(=O)N3CCc4ccccc43)n[nH]2)cc1C. The standard InChI is InChI=1S/C26H28N4O2/c1-17-10-11-20(15-18(17)2)25(31)29-13-6-5-9-24(29)21-16-22(28-27-21)26(32)30-14-12-19-7-3-4-8-23(19)30/h3-4,7-8,10-11,15-16,24H,5-6,9,12-14H2,1-2H3,(H,27,28). The van der Waals surface area contributed by atoms with Crippen molar-refractivity contribution in [2.75, 3.05) is 18.0 Å². The number of benzene rings is 2. The van der Waals surface area contributed by atoms with Crippen LogP contribution in [0.5, 0.6) is 0 Å². The summed E-state index contributed by atoms with van der Waals surface area (Å²) in [7, 11) is 0. The number of carbonyl (C=O) groups excluding carboxylic acids is 2. The van der Waals surface area contributed by atoms with Gasteiger partial charge in [-0.3, -0.25) is 14.7 Å². The van der Waals surface area contributed by atoms with Crippen molar-refractivity contribution in [3.05, 3.63) is 82.2 Å². The van der Waals surface area contributed by atoms with Crippen LogP contribution in [0, 0.1) is 13.8 Å². The number of anilines is 1. The highest BCUT2D eigenvalue weighted by molar-refractivity contribution is 6.06. The molecule has 1 N–H and O–H groups in total. The Labute approximate surface area is 188 Å². The van der Waals surface area contributed by atoms with Crippen molar-refractivity contribution < 1.29 is 9.59 Å². The van der Waals surface area contributed by atoms with Gasteiger partial charge in [0, 0.05) is 24.3 Å². The van der Waals surface area contributed by atoms with E-state index < -0.39 is 0 Å². The third-order valence-electron chi connectivity index (χ3n) is 6.83. The molecule has 3 heterocycles. The van der Waals surface area contributed by atoms with Crippen LogP contribution in [0.15, 0.2) is 48.5 Å². The normalized spacial score (nSPS) is 18.0. The molecule has 0 saturated carbocycles. The van der Waals surface area contributed by atoms with Crippen LogP contribution in [-0.4, -0.2) is 40.0 Å². The molecule has 5 rings (SSSR count). The molecule has 6 heteroatoms. The molecule has 1 unspecified atom stereocenters. The number of hydrogen-bond donors (Lipinski definition) is 1. The molecule has 2 aliphatic rings. The van der Waals surface area contributed by atoms with E-state index in [0.29, 0.717) is 24.3 Å². The minimum absolute atomic E-state index is 0.0359. The van der Waals surface area contributed by atoms with Gasteiger partial charge in [0.25, 0.3) is 11.8 Å². The number of carbonyl (C=O) groups is 2. The first kappa shape index (κ1) is 20.5. The Morgan fingerprint density at radius 1 is 0.969 bits per heavy atom. The zero-order chi connectivity index (χ0) is 22.2. The Bertz CT molecular complexity index is 1180. The predicted molar refractivity (Wildman–Crippen MR) is 124 cm³/mol. The lowest BCUT2D eigenvalue weighted by Crippen LogP contribution is -2.38. The van der Waals surface area contributed by atoms with E-state index >= 15 is 0 Å². The van der Waals surface area contributed by atoms with Gasteiger partial charge in [-0.1, -0.05) is 24.3 Å². The summed E-state index contributed by atoms with van der Waals surface area (Å²) in [5, 5.41) is 7.42. The van der Waals surface area contributed by atoms with E-state index in [-0.39, 0.29) is 17.9 Å². The summed E-state index contributed by atoms with van der Waals surface area (Å²) in [6, 6.07) is 15.6. The molecule has 0 bridgehead atoms. The van der Waals surface area contributed by atoms with Crippen molar-refractivity contribution >= 4 is 17.5 Å². The van der Waals surface area contributed by atoms with Crippen LogP contribution >= 0.6 is 0 Å². The minimum Gasteiger partial charge on any atom is -0.330 e. The molecule has 164 valence electrons. The fourth-order valence-electron chi connectivity index (χ4n) is 4.84. The van der Waals surface area contributed by atoms with E-state index in [0.717, 1.165) is 42.6 Å². The zero-order valence-corrected chi connectivity index (χ0v) is 18.6. The van der Waals surface area contributed by atoms with Gasteiger partial charge in [-0.15, -0.1) is 0 Å². The molecule has 2 aromatic carbocycles. The maximum Gasteiger partial charge on any atom is 0.278 e. The fraction of sp³-hybridized carbons (Fsp3) is 0.346. The summed E-state index contributed by atoms with van der Waals surface area (Å²) in [5.41, 5.74) is 6.39. The number of hydrogen-bond acceptors (Lipinski definition) is 3. The number of rotatable bonds is 3. The smallest absolute Gasteiger partial charge is 0.278 e. The molecule has 0 aliphatic carbocycles. The Morgan fingerprint density at radius 3 is 2.66 bits per heavy atom. The quantitative estimate of drug-likeness (QED) is 0.663. The van der Waals surface area contributed by atoms with E-state index in [9.17, 15) is 9.59 Å². The third kappa shape index (κ3) is 3.60. The zero-order valence-electron chi connectivity index (χ0n) is 18.6. The topological polar surface area (TPSA) is 69.3 Å². The van der Waals surface area contributed by atoms with Gasteiger partial charge in [0.2, 0.25) is 0 Å². The monoisotopic (exact) mass is 428 g/mol. The number of H-pyrrole nitrogens is 1. The highest BCUT2D eigenvalue weighted by Gasteiger charge is 2.32. The largest absolute Gasteiger partial charge is 0.330 e. The van der Waals surface area contributed by atoms with E-state index in [1.807, 2.05) is 54.3 Å². The van der Waals surface area contributed by atoms with Crippen molar-refractivity contribution in [1.82, 2.24) is 15.1 Å². The Kier molecular flexibility index (Phi) is 5.29. The molecule has 32 heavy (non-hydrogen) atoms. The van der Waals surface area contributed by atoms with Gasteiger partial charge in [-0.05, 0) is 80.5 Å². The second-order valence-electron chi connectivity index (χ2n) is 8.85. The second-order valence-corrected chi connectivity index (χ2v) is 8.85. The molecule has 1 aromatic heterocycles. The van der Waals surface area contributed by atoms with Gasteiger partial charge >= 0.3 is 0 Å². The molecular weight excluding hydrogens is 400 g/mol. The number of piperidine rings is 1. The molecule has 2 aliphatic heterocycles. The number of amides is 2. The molecule has 1 saturated heterocycles. The first-order valence-electron chi connectivity index (χ1n) is 11.4. The maximum atomic E-state index is 13.4. The lowest BCUT2D eigenvalue weighted by Gasteiger charge is -2.35. The Balaban J connectivity index is 1.39.